The van der Waals surface area contributed by atoms with Crippen LogP contribution in [0.5, 0.6) is 17.2 Å². The van der Waals surface area contributed by atoms with Gasteiger partial charge in [0, 0.05) is 11.1 Å². The van der Waals surface area contributed by atoms with Crippen LogP contribution in [0, 0.1) is 0 Å². The minimum Gasteiger partial charge on any atom is -0.504 e. The summed E-state index contributed by atoms with van der Waals surface area (Å²) in [7, 11) is 1.57. The van der Waals surface area contributed by atoms with Gasteiger partial charge in [0.25, 0.3) is 0 Å². The molecular weight excluding hydrogens is 204 g/mol. The summed E-state index contributed by atoms with van der Waals surface area (Å²) < 4.78 is 5.20. The van der Waals surface area contributed by atoms with Gasteiger partial charge in [-0.2, -0.15) is 0 Å². The molecule has 0 atom stereocenters. The van der Waals surface area contributed by atoms with Crippen LogP contribution in [0.2, 0.25) is 0 Å². The first-order valence-electron chi connectivity index (χ1n) is 4.88. The van der Waals surface area contributed by atoms with Crippen molar-refractivity contribution < 1.29 is 14.9 Å². The third-order valence-corrected chi connectivity index (χ3v) is 2.41. The number of methoxy groups -OCH3 is 1. The minimum atomic E-state index is -0.136. The average molecular weight is 216 g/mol. The molecule has 0 spiro atoms. The monoisotopic (exact) mass is 216 g/mol. The van der Waals surface area contributed by atoms with Crippen molar-refractivity contribution in [1.29, 1.82) is 0 Å². The molecule has 0 bridgehead atoms. The number of aromatic hydroxyl groups is 2. The average Bonchev–Trinajstić information content (AvgIpc) is 2.33. The lowest BCUT2D eigenvalue weighted by atomic mass is 10.0. The molecule has 0 fully saturated rings. The number of phenols is 2. The Bertz CT molecular complexity index is 506. The van der Waals surface area contributed by atoms with Crippen molar-refractivity contribution in [2.45, 2.75) is 0 Å². The van der Waals surface area contributed by atoms with E-state index in [0.29, 0.717) is 11.3 Å². The summed E-state index contributed by atoms with van der Waals surface area (Å²) in [6.07, 6.45) is 0. The van der Waals surface area contributed by atoms with Gasteiger partial charge in [-0.1, -0.05) is 30.3 Å². The van der Waals surface area contributed by atoms with Crippen LogP contribution in [-0.2, 0) is 0 Å². The molecule has 3 nitrogen and oxygen atoms in total. The summed E-state index contributed by atoms with van der Waals surface area (Å²) in [6, 6.07) is 12.2. The van der Waals surface area contributed by atoms with E-state index < -0.39 is 0 Å². The lowest BCUT2D eigenvalue weighted by Crippen LogP contribution is -1.87. The zero-order chi connectivity index (χ0) is 11.5. The van der Waals surface area contributed by atoms with E-state index in [1.165, 1.54) is 6.07 Å². The van der Waals surface area contributed by atoms with E-state index in [0.717, 1.165) is 5.56 Å². The molecule has 2 rings (SSSR count). The van der Waals surface area contributed by atoms with Gasteiger partial charge < -0.3 is 14.9 Å². The van der Waals surface area contributed by atoms with Gasteiger partial charge in [0.1, 0.15) is 5.75 Å². The van der Waals surface area contributed by atoms with E-state index in [2.05, 4.69) is 0 Å². The summed E-state index contributed by atoms with van der Waals surface area (Å²) in [5, 5.41) is 19.2. The predicted molar refractivity (Wildman–Crippen MR) is 61.8 cm³/mol. The molecule has 0 aliphatic rings. The Morgan fingerprint density at radius 3 is 2.31 bits per heavy atom. The Morgan fingerprint density at radius 2 is 1.56 bits per heavy atom. The van der Waals surface area contributed by atoms with E-state index in [-0.39, 0.29) is 11.5 Å². The van der Waals surface area contributed by atoms with Crippen LogP contribution < -0.4 is 4.74 Å². The lowest BCUT2D eigenvalue weighted by Gasteiger charge is -2.10. The highest BCUT2D eigenvalue weighted by molar-refractivity contribution is 5.77. The number of rotatable bonds is 2. The molecule has 2 aromatic rings. The van der Waals surface area contributed by atoms with Crippen LogP contribution in [-0.4, -0.2) is 17.3 Å². The molecule has 0 unspecified atom stereocenters. The lowest BCUT2D eigenvalue weighted by molar-refractivity contribution is 0.403. The standard InChI is InChI=1S/C13H12O3/c1-16-12-8-3-2-5-9(12)10-6-4-7-11(14)13(10)15/h2-8,14-15H,1H3. The maximum absolute atomic E-state index is 9.77. The summed E-state index contributed by atoms with van der Waals surface area (Å²) in [6.45, 7) is 0. The molecule has 3 heteroatoms. The predicted octanol–water partition coefficient (Wildman–Crippen LogP) is 2.77. The summed E-state index contributed by atoms with van der Waals surface area (Å²) in [4.78, 5) is 0. The van der Waals surface area contributed by atoms with E-state index in [4.69, 9.17) is 4.74 Å². The SMILES string of the molecule is COc1ccccc1-c1cccc(O)c1O. The van der Waals surface area contributed by atoms with Crippen molar-refractivity contribution >= 4 is 0 Å². The van der Waals surface area contributed by atoms with Gasteiger partial charge >= 0.3 is 0 Å². The van der Waals surface area contributed by atoms with Crippen LogP contribution in [0.25, 0.3) is 11.1 Å². The fraction of sp³-hybridized carbons (Fsp3) is 0.0769. The summed E-state index contributed by atoms with van der Waals surface area (Å²) in [5.41, 5.74) is 1.30. The second-order valence-corrected chi connectivity index (χ2v) is 3.37. The zero-order valence-corrected chi connectivity index (χ0v) is 8.84. The van der Waals surface area contributed by atoms with Crippen molar-refractivity contribution in [2.75, 3.05) is 7.11 Å². The van der Waals surface area contributed by atoms with Crippen LogP contribution in [0.15, 0.2) is 42.5 Å². The van der Waals surface area contributed by atoms with Crippen LogP contribution in [0.3, 0.4) is 0 Å². The van der Waals surface area contributed by atoms with Gasteiger partial charge in [-0.25, -0.2) is 0 Å². The fourth-order valence-electron chi connectivity index (χ4n) is 1.62. The molecule has 0 saturated heterocycles. The van der Waals surface area contributed by atoms with Crippen molar-refractivity contribution in [3.05, 3.63) is 42.5 Å². The Morgan fingerprint density at radius 1 is 0.875 bits per heavy atom. The number of phenolic OH excluding ortho intramolecular Hbond substituents is 2. The smallest absolute Gasteiger partial charge is 0.165 e. The second kappa shape index (κ2) is 4.14. The zero-order valence-electron chi connectivity index (χ0n) is 8.84. The van der Waals surface area contributed by atoms with Crippen molar-refractivity contribution in [2.24, 2.45) is 0 Å². The first-order chi connectivity index (χ1) is 7.74. The Balaban J connectivity index is 2.63. The Labute approximate surface area is 93.6 Å². The topological polar surface area (TPSA) is 49.7 Å². The van der Waals surface area contributed by atoms with E-state index >= 15 is 0 Å². The van der Waals surface area contributed by atoms with Gasteiger partial charge in [-0.05, 0) is 12.1 Å². The van der Waals surface area contributed by atoms with Gasteiger partial charge in [-0.15, -0.1) is 0 Å². The molecular formula is C13H12O3. The number of ether oxygens (including phenoxy) is 1. The number of benzene rings is 2. The van der Waals surface area contributed by atoms with Gasteiger partial charge in [-0.3, -0.25) is 0 Å². The van der Waals surface area contributed by atoms with Crippen molar-refractivity contribution in [1.82, 2.24) is 0 Å². The normalized spacial score (nSPS) is 10.1. The molecule has 2 aromatic carbocycles. The first kappa shape index (κ1) is 10.4. The highest BCUT2D eigenvalue weighted by atomic mass is 16.5. The van der Waals surface area contributed by atoms with E-state index in [1.807, 2.05) is 18.2 Å². The van der Waals surface area contributed by atoms with Crippen molar-refractivity contribution in [3.63, 3.8) is 0 Å². The Kier molecular flexibility index (Phi) is 2.68. The largest absolute Gasteiger partial charge is 0.504 e. The summed E-state index contributed by atoms with van der Waals surface area (Å²) in [5.74, 6) is 0.388. The Hall–Kier alpha value is -2.16. The molecule has 0 aromatic heterocycles. The van der Waals surface area contributed by atoms with E-state index in [1.54, 1.807) is 25.3 Å². The highest BCUT2D eigenvalue weighted by Gasteiger charge is 2.11. The quantitative estimate of drug-likeness (QED) is 0.759. The molecule has 16 heavy (non-hydrogen) atoms. The molecule has 0 heterocycles. The molecule has 0 radical (unpaired) electrons. The maximum Gasteiger partial charge on any atom is 0.165 e. The molecule has 82 valence electrons. The van der Waals surface area contributed by atoms with Crippen LogP contribution >= 0.6 is 0 Å². The van der Waals surface area contributed by atoms with Gasteiger partial charge in [0.2, 0.25) is 0 Å². The number of hydrogen-bond donors (Lipinski definition) is 2. The molecule has 0 aliphatic heterocycles. The molecule has 0 aliphatic carbocycles. The van der Waals surface area contributed by atoms with Crippen LogP contribution in [0.4, 0.5) is 0 Å². The summed E-state index contributed by atoms with van der Waals surface area (Å²) >= 11 is 0. The van der Waals surface area contributed by atoms with Gasteiger partial charge in [0.05, 0.1) is 7.11 Å². The molecule has 0 saturated carbocycles. The number of para-hydroxylation sites is 2. The fourth-order valence-corrected chi connectivity index (χ4v) is 1.62. The second-order valence-electron chi connectivity index (χ2n) is 3.37. The molecule has 2 N–H and O–H groups in total. The van der Waals surface area contributed by atoms with Crippen molar-refractivity contribution in [3.8, 4) is 28.4 Å². The first-order valence-corrected chi connectivity index (χ1v) is 4.88. The maximum atomic E-state index is 9.77. The van der Waals surface area contributed by atoms with Crippen LogP contribution in [0.1, 0.15) is 0 Å². The number of hydrogen-bond acceptors (Lipinski definition) is 3. The van der Waals surface area contributed by atoms with Gasteiger partial charge in [0.15, 0.2) is 11.5 Å². The third-order valence-electron chi connectivity index (χ3n) is 2.41. The molecule has 0 amide bonds. The minimum absolute atomic E-state index is 0.132. The third kappa shape index (κ3) is 1.67. The van der Waals surface area contributed by atoms with E-state index in [9.17, 15) is 10.2 Å². The highest BCUT2D eigenvalue weighted by Crippen LogP contribution is 2.39.